The number of hydrogen-bond acceptors (Lipinski definition) is 13. The summed E-state index contributed by atoms with van der Waals surface area (Å²) in [6, 6.07) is 14.6. The molecule has 14 nitrogen and oxygen atoms in total. The zero-order valence-electron chi connectivity index (χ0n) is 35.8. The minimum absolute atomic E-state index is 0.00827. The molecule has 1 unspecified atom stereocenters. The number of carbonyl (C=O) groups excluding carboxylic acids is 4. The van der Waals surface area contributed by atoms with Crippen LogP contribution < -0.4 is 10.6 Å². The van der Waals surface area contributed by atoms with E-state index in [1.165, 1.54) is 42.6 Å². The van der Waals surface area contributed by atoms with E-state index in [4.69, 9.17) is 24.1 Å². The van der Waals surface area contributed by atoms with E-state index in [0.29, 0.717) is 11.3 Å². The molecular weight excluding hydrogens is 875 g/mol. The summed E-state index contributed by atoms with van der Waals surface area (Å²) >= 11 is 2.62. The summed E-state index contributed by atoms with van der Waals surface area (Å²) in [6.45, 7) is 3.51. The molecule has 64 heavy (non-hydrogen) atoms. The van der Waals surface area contributed by atoms with Crippen LogP contribution in [0.2, 0.25) is 0 Å². The number of ether oxygens (including phenoxy) is 4. The quantitative estimate of drug-likeness (QED) is 0.115. The van der Waals surface area contributed by atoms with Crippen molar-refractivity contribution >= 4 is 58.6 Å². The molecule has 3 saturated carbocycles. The zero-order valence-corrected chi connectivity index (χ0v) is 37.4. The lowest BCUT2D eigenvalue weighted by Gasteiger charge is -2.63. The van der Waals surface area contributed by atoms with E-state index in [1.54, 1.807) is 31.4 Å². The molecule has 4 fully saturated rings. The van der Waals surface area contributed by atoms with E-state index >= 15 is 8.78 Å². The van der Waals surface area contributed by atoms with Gasteiger partial charge in [0.05, 0.1) is 56.7 Å². The SMILES string of the molecule is CSC(CC(=O)O)C(=O)NCCOCCOCCC(=O)Nc1cccc(Sc2ccc([C@@H]3O[C@@H]4C[C@H]5[C@@H]6C[C@H](F)C7=CC(=O)C=C[C@]7(C)[C@@]6(F)[C@@H](O)C[C@]5(C)[C@]4(C(=O)CO)O3)cc2)c1. The van der Waals surface area contributed by atoms with Crippen molar-refractivity contribution in [1.82, 2.24) is 5.32 Å². The number of ketones is 2. The number of anilines is 1. The fourth-order valence-electron chi connectivity index (χ4n) is 10.7. The number of aliphatic carboxylic acids is 1. The van der Waals surface area contributed by atoms with Crippen molar-refractivity contribution in [3.63, 3.8) is 0 Å². The van der Waals surface area contributed by atoms with Crippen LogP contribution in [0, 0.1) is 22.7 Å². The van der Waals surface area contributed by atoms with E-state index in [0.717, 1.165) is 15.9 Å². The second-order valence-corrected chi connectivity index (χ2v) is 19.5. The van der Waals surface area contributed by atoms with Crippen LogP contribution in [0.25, 0.3) is 0 Å². The lowest BCUT2D eigenvalue weighted by molar-refractivity contribution is -0.235. The second-order valence-electron chi connectivity index (χ2n) is 17.3. The fraction of sp³-hybridized carbons (Fsp3) is 0.543. The number of aliphatic hydroxyl groups is 2. The van der Waals surface area contributed by atoms with Crippen molar-refractivity contribution in [1.29, 1.82) is 0 Å². The van der Waals surface area contributed by atoms with Crippen LogP contribution in [0.3, 0.4) is 0 Å². The molecule has 1 heterocycles. The number of allylic oxidation sites excluding steroid dienone is 4. The third kappa shape index (κ3) is 8.84. The molecule has 1 saturated heterocycles. The Balaban J connectivity index is 0.907. The highest BCUT2D eigenvalue weighted by atomic mass is 32.2. The average Bonchev–Trinajstić information content (AvgIpc) is 3.76. The predicted octanol–water partition coefficient (Wildman–Crippen LogP) is 5.17. The molecule has 11 atom stereocenters. The van der Waals surface area contributed by atoms with Gasteiger partial charge in [0.25, 0.3) is 0 Å². The van der Waals surface area contributed by atoms with E-state index < -0.39 is 88.0 Å². The Bertz CT molecular complexity index is 2180. The highest BCUT2D eigenvalue weighted by Gasteiger charge is 2.80. The Morgan fingerprint density at radius 2 is 1.73 bits per heavy atom. The molecule has 2 amide bonds. The van der Waals surface area contributed by atoms with Gasteiger partial charge in [-0.05, 0) is 86.4 Å². The fourth-order valence-corrected chi connectivity index (χ4v) is 12.2. The maximum atomic E-state index is 17.7. The van der Waals surface area contributed by atoms with Gasteiger partial charge < -0.3 is 44.9 Å². The van der Waals surface area contributed by atoms with Gasteiger partial charge in [-0.25, -0.2) is 8.78 Å². The molecule has 2 aromatic carbocycles. The first-order valence-electron chi connectivity index (χ1n) is 21.3. The second kappa shape index (κ2) is 19.5. The number of carboxylic acid groups (broad SMARTS) is 1. The van der Waals surface area contributed by atoms with Gasteiger partial charge in [0.2, 0.25) is 11.8 Å². The zero-order chi connectivity index (χ0) is 46.0. The normalized spacial score (nSPS) is 33.0. The third-order valence-electron chi connectivity index (χ3n) is 13.8. The van der Waals surface area contributed by atoms with E-state index in [-0.39, 0.29) is 82.5 Å². The number of amides is 2. The van der Waals surface area contributed by atoms with Crippen molar-refractivity contribution in [3.05, 3.63) is 77.9 Å². The lowest BCUT2D eigenvalue weighted by Crippen LogP contribution is -2.70. The maximum absolute atomic E-state index is 17.7. The van der Waals surface area contributed by atoms with E-state index in [9.17, 15) is 34.2 Å². The van der Waals surface area contributed by atoms with Gasteiger partial charge in [0, 0.05) is 44.3 Å². The number of nitrogens with one attached hydrogen (secondary N) is 2. The van der Waals surface area contributed by atoms with Gasteiger partial charge >= 0.3 is 5.97 Å². The molecule has 0 bridgehead atoms. The maximum Gasteiger partial charge on any atom is 0.305 e. The molecule has 7 rings (SSSR count). The largest absolute Gasteiger partial charge is 0.481 e. The molecule has 5 aliphatic rings. The lowest BCUT2D eigenvalue weighted by atomic mass is 9.44. The van der Waals surface area contributed by atoms with Crippen molar-refractivity contribution in [2.45, 2.75) is 96.9 Å². The summed E-state index contributed by atoms with van der Waals surface area (Å²) in [5.74, 6) is -4.43. The van der Waals surface area contributed by atoms with Crippen LogP contribution in [0.15, 0.2) is 82.1 Å². The molecule has 0 radical (unpaired) electrons. The summed E-state index contributed by atoms with van der Waals surface area (Å²) in [6.07, 6.45) is -0.343. The minimum atomic E-state index is -2.34. The highest BCUT2D eigenvalue weighted by Crippen LogP contribution is 2.72. The number of hydrogen-bond donors (Lipinski definition) is 5. The van der Waals surface area contributed by atoms with Crippen LogP contribution >= 0.6 is 23.5 Å². The van der Waals surface area contributed by atoms with Crippen molar-refractivity contribution in [2.75, 3.05) is 51.2 Å². The van der Waals surface area contributed by atoms with Crippen molar-refractivity contribution in [2.24, 2.45) is 22.7 Å². The molecule has 5 N–H and O–H groups in total. The van der Waals surface area contributed by atoms with Crippen LogP contribution in [-0.4, -0.2) is 125 Å². The first-order chi connectivity index (χ1) is 30.5. The van der Waals surface area contributed by atoms with Crippen molar-refractivity contribution in [3.8, 4) is 0 Å². The molecule has 0 aromatic heterocycles. The van der Waals surface area contributed by atoms with Crippen LogP contribution in [0.4, 0.5) is 14.5 Å². The Kier molecular flexibility index (Phi) is 14.6. The standard InChI is InChI=1S/C46H54F2N2O12S2/c1-43-13-11-28(52)20-33(43)34(47)21-32-31-22-38-46(37(54)25-51,44(31,2)24-36(53)45(32,43)48)62-42(61-38)26-7-9-29(10-8-26)64-30-6-4-5-27(19-30)50-39(55)12-15-59-17-18-60-16-14-49-41(58)35(63-3)23-40(56)57/h4-11,13,19-20,31-32,34-36,38,42,51,53H,12,14-18,21-25H2,1-3H3,(H,49,58)(H,50,55)(H,56,57)/t31-,32-,34-,35?,36-,38+,42+,43-,44-,45-,46+/m0/s1. The summed E-state index contributed by atoms with van der Waals surface area (Å²) in [4.78, 5) is 63.4. The monoisotopic (exact) mass is 928 g/mol. The molecule has 4 aliphatic carbocycles. The average molecular weight is 929 g/mol. The number of thioether (sulfide) groups is 1. The number of halogens is 2. The summed E-state index contributed by atoms with van der Waals surface area (Å²) in [5.41, 5.74) is -5.70. The van der Waals surface area contributed by atoms with E-state index in [1.807, 2.05) is 30.3 Å². The highest BCUT2D eigenvalue weighted by molar-refractivity contribution is 8.00. The Morgan fingerprint density at radius 3 is 2.44 bits per heavy atom. The number of carboxylic acids is 1. The number of aliphatic hydroxyl groups excluding tert-OH is 2. The van der Waals surface area contributed by atoms with Crippen LogP contribution in [0.1, 0.15) is 57.8 Å². The van der Waals surface area contributed by atoms with Gasteiger partial charge in [-0.1, -0.05) is 43.0 Å². The molecule has 346 valence electrons. The minimum Gasteiger partial charge on any atom is -0.481 e. The molecule has 18 heteroatoms. The van der Waals surface area contributed by atoms with Gasteiger partial charge in [0.1, 0.15) is 12.8 Å². The number of Topliss-reactive ketones (excluding diaryl/α,β-unsaturated/α-hetero) is 1. The summed E-state index contributed by atoms with van der Waals surface area (Å²) in [7, 11) is 0. The van der Waals surface area contributed by atoms with Crippen molar-refractivity contribution < 1.29 is 67.0 Å². The molecule has 2 aromatic rings. The van der Waals surface area contributed by atoms with Crippen LogP contribution in [-0.2, 0) is 42.9 Å². The van der Waals surface area contributed by atoms with Crippen LogP contribution in [0.5, 0.6) is 0 Å². The van der Waals surface area contributed by atoms with Gasteiger partial charge in [-0.2, -0.15) is 11.8 Å². The number of carbonyl (C=O) groups is 5. The topological polar surface area (TPSA) is 207 Å². The third-order valence-corrected chi connectivity index (χ3v) is 15.7. The Hall–Kier alpha value is -4.01. The molecule has 1 aliphatic heterocycles. The number of rotatable bonds is 19. The Morgan fingerprint density at radius 1 is 1.00 bits per heavy atom. The summed E-state index contributed by atoms with van der Waals surface area (Å²) in [5, 5.41) is 35.8. The first kappa shape index (κ1) is 47.9. The van der Waals surface area contributed by atoms with Gasteiger partial charge in [-0.3, -0.25) is 24.0 Å². The van der Waals surface area contributed by atoms with Gasteiger partial charge in [-0.15, -0.1) is 0 Å². The molecular formula is C46H54F2N2O12S2. The number of fused-ring (bicyclic) bond motifs is 7. The summed E-state index contributed by atoms with van der Waals surface area (Å²) < 4.78 is 57.7. The Labute approximate surface area is 378 Å². The number of alkyl halides is 2. The predicted molar refractivity (Wildman–Crippen MR) is 232 cm³/mol. The smallest absolute Gasteiger partial charge is 0.305 e. The first-order valence-corrected chi connectivity index (χ1v) is 23.4. The molecule has 0 spiro atoms. The van der Waals surface area contributed by atoms with Gasteiger partial charge in [0.15, 0.2) is 29.1 Å². The van der Waals surface area contributed by atoms with E-state index in [2.05, 4.69) is 10.6 Å². The number of benzene rings is 2.